The average Bonchev–Trinajstić information content (AvgIpc) is 2.96. The molecule has 0 aliphatic carbocycles. The van der Waals surface area contributed by atoms with Crippen LogP contribution in [0.3, 0.4) is 0 Å². The lowest BCUT2D eigenvalue weighted by atomic mass is 10.1. The molecule has 0 bridgehead atoms. The first-order valence-electron chi connectivity index (χ1n) is 9.08. The molecule has 0 spiro atoms. The molecule has 1 fully saturated rings. The van der Waals surface area contributed by atoms with E-state index in [1.165, 1.54) is 5.69 Å². The van der Waals surface area contributed by atoms with Crippen molar-refractivity contribution in [3.8, 4) is 0 Å². The van der Waals surface area contributed by atoms with Gasteiger partial charge in [0.05, 0.1) is 12.8 Å². The summed E-state index contributed by atoms with van der Waals surface area (Å²) in [7, 11) is 1.80. The third kappa shape index (κ3) is 3.17. The summed E-state index contributed by atoms with van der Waals surface area (Å²) >= 11 is 0. The maximum Gasteiger partial charge on any atom is 0.231 e. The van der Waals surface area contributed by atoms with E-state index in [1.807, 2.05) is 41.3 Å². The number of rotatable bonds is 3. The van der Waals surface area contributed by atoms with E-state index in [1.54, 1.807) is 11.9 Å². The van der Waals surface area contributed by atoms with Crippen LogP contribution in [0.5, 0.6) is 0 Å². The van der Waals surface area contributed by atoms with Gasteiger partial charge in [0.25, 0.3) is 0 Å². The van der Waals surface area contributed by atoms with E-state index < -0.39 is 0 Å². The Kier molecular flexibility index (Phi) is 4.37. The molecule has 0 aromatic heterocycles. The highest BCUT2D eigenvalue weighted by molar-refractivity contribution is 6.01. The first kappa shape index (κ1) is 16.6. The van der Waals surface area contributed by atoms with E-state index in [0.29, 0.717) is 12.8 Å². The van der Waals surface area contributed by atoms with Gasteiger partial charge in [-0.1, -0.05) is 30.3 Å². The van der Waals surface area contributed by atoms with Crippen LogP contribution in [0.2, 0.25) is 0 Å². The number of piperazine rings is 1. The van der Waals surface area contributed by atoms with Gasteiger partial charge in [0, 0.05) is 44.6 Å². The van der Waals surface area contributed by atoms with Crippen LogP contribution in [0.4, 0.5) is 11.4 Å². The molecule has 0 radical (unpaired) electrons. The van der Waals surface area contributed by atoms with Gasteiger partial charge in [-0.3, -0.25) is 9.59 Å². The zero-order valence-electron chi connectivity index (χ0n) is 15.0. The van der Waals surface area contributed by atoms with E-state index in [9.17, 15) is 9.59 Å². The van der Waals surface area contributed by atoms with Crippen LogP contribution in [-0.4, -0.2) is 49.9 Å². The summed E-state index contributed by atoms with van der Waals surface area (Å²) in [6, 6.07) is 16.3. The number of hydrogen-bond acceptors (Lipinski definition) is 3. The Morgan fingerprint density at radius 1 is 1.00 bits per heavy atom. The fraction of sp³-hybridized carbons (Fsp3) is 0.333. The van der Waals surface area contributed by atoms with Crippen molar-refractivity contribution in [1.29, 1.82) is 0 Å². The predicted octanol–water partition coefficient (Wildman–Crippen LogP) is 2.10. The Balaban J connectivity index is 1.36. The molecule has 26 heavy (non-hydrogen) atoms. The molecule has 4 rings (SSSR count). The van der Waals surface area contributed by atoms with Gasteiger partial charge in [-0.05, 0) is 29.3 Å². The molecule has 2 aromatic rings. The summed E-state index contributed by atoms with van der Waals surface area (Å²) in [4.78, 5) is 30.4. The summed E-state index contributed by atoms with van der Waals surface area (Å²) in [6.45, 7) is 3.22. The first-order chi connectivity index (χ1) is 12.6. The number of amides is 2. The first-order valence-corrected chi connectivity index (χ1v) is 9.08. The topological polar surface area (TPSA) is 43.9 Å². The second-order valence-electron chi connectivity index (χ2n) is 6.97. The molecule has 2 heterocycles. The van der Waals surface area contributed by atoms with Crippen LogP contribution in [0.25, 0.3) is 0 Å². The Labute approximate surface area is 153 Å². The molecule has 1 saturated heterocycles. The lowest BCUT2D eigenvalue weighted by molar-refractivity contribution is -0.130. The highest BCUT2D eigenvalue weighted by atomic mass is 16.2. The van der Waals surface area contributed by atoms with Crippen LogP contribution in [-0.2, 0) is 22.4 Å². The van der Waals surface area contributed by atoms with Gasteiger partial charge in [-0.25, -0.2) is 0 Å². The van der Waals surface area contributed by atoms with E-state index in [2.05, 4.69) is 17.0 Å². The van der Waals surface area contributed by atoms with E-state index in [-0.39, 0.29) is 11.8 Å². The van der Waals surface area contributed by atoms with Crippen molar-refractivity contribution in [3.05, 3.63) is 59.7 Å². The van der Waals surface area contributed by atoms with Gasteiger partial charge in [0.2, 0.25) is 11.8 Å². The molecule has 0 N–H and O–H groups in total. The summed E-state index contributed by atoms with van der Waals surface area (Å²) < 4.78 is 0. The Morgan fingerprint density at radius 2 is 1.73 bits per heavy atom. The molecule has 134 valence electrons. The van der Waals surface area contributed by atoms with Crippen LogP contribution in [0, 0.1) is 0 Å². The third-order valence-corrected chi connectivity index (χ3v) is 5.33. The SMILES string of the molecule is CN1C(=O)Cc2cc(CC(=O)N3CCN(c4ccccc4)CC3)ccc21. The summed E-state index contributed by atoms with van der Waals surface area (Å²) in [5, 5.41) is 0. The number of likely N-dealkylation sites (N-methyl/N-ethyl adjacent to an activating group) is 1. The van der Waals surface area contributed by atoms with Gasteiger partial charge in [0.15, 0.2) is 0 Å². The van der Waals surface area contributed by atoms with Crippen molar-refractivity contribution in [3.63, 3.8) is 0 Å². The number of para-hydroxylation sites is 1. The van der Waals surface area contributed by atoms with Gasteiger partial charge < -0.3 is 14.7 Å². The quantitative estimate of drug-likeness (QED) is 0.852. The van der Waals surface area contributed by atoms with Gasteiger partial charge in [-0.15, -0.1) is 0 Å². The normalized spacial score (nSPS) is 16.8. The minimum atomic E-state index is 0.112. The average molecular weight is 349 g/mol. The monoisotopic (exact) mass is 349 g/mol. The smallest absolute Gasteiger partial charge is 0.231 e. The molecule has 5 heteroatoms. The van der Waals surface area contributed by atoms with Crippen molar-refractivity contribution >= 4 is 23.2 Å². The Bertz CT molecular complexity index is 826. The van der Waals surface area contributed by atoms with E-state index in [4.69, 9.17) is 0 Å². The number of carbonyl (C=O) groups is 2. The molecule has 0 atom stereocenters. The second kappa shape index (κ2) is 6.83. The van der Waals surface area contributed by atoms with E-state index >= 15 is 0 Å². The minimum absolute atomic E-state index is 0.112. The lowest BCUT2D eigenvalue weighted by Gasteiger charge is -2.36. The van der Waals surface area contributed by atoms with Crippen molar-refractivity contribution in [2.75, 3.05) is 43.0 Å². The number of nitrogens with zero attached hydrogens (tertiary/aromatic N) is 3. The van der Waals surface area contributed by atoms with E-state index in [0.717, 1.165) is 43.0 Å². The van der Waals surface area contributed by atoms with Crippen molar-refractivity contribution in [2.24, 2.45) is 0 Å². The molecule has 2 aromatic carbocycles. The number of fused-ring (bicyclic) bond motifs is 1. The van der Waals surface area contributed by atoms with Crippen LogP contribution < -0.4 is 9.80 Å². The van der Waals surface area contributed by atoms with Crippen LogP contribution in [0.1, 0.15) is 11.1 Å². The molecular formula is C21H23N3O2. The highest BCUT2D eigenvalue weighted by Crippen LogP contribution is 2.28. The van der Waals surface area contributed by atoms with Crippen molar-refractivity contribution in [2.45, 2.75) is 12.8 Å². The summed E-state index contributed by atoms with van der Waals surface area (Å²) in [5.74, 6) is 0.274. The molecule has 2 aliphatic heterocycles. The molecule has 2 aliphatic rings. The fourth-order valence-electron chi connectivity index (χ4n) is 3.77. The predicted molar refractivity (Wildman–Crippen MR) is 102 cm³/mol. The van der Waals surface area contributed by atoms with Gasteiger partial charge in [-0.2, -0.15) is 0 Å². The molecule has 0 saturated carbocycles. The maximum atomic E-state index is 12.7. The zero-order valence-corrected chi connectivity index (χ0v) is 15.0. The fourth-order valence-corrected chi connectivity index (χ4v) is 3.77. The number of benzene rings is 2. The molecular weight excluding hydrogens is 326 g/mol. The number of anilines is 2. The van der Waals surface area contributed by atoms with Gasteiger partial charge in [0.1, 0.15) is 0 Å². The molecule has 5 nitrogen and oxygen atoms in total. The molecule has 0 unspecified atom stereocenters. The third-order valence-electron chi connectivity index (χ3n) is 5.33. The Morgan fingerprint density at radius 3 is 2.46 bits per heavy atom. The second-order valence-corrected chi connectivity index (χ2v) is 6.97. The van der Waals surface area contributed by atoms with Crippen LogP contribution >= 0.6 is 0 Å². The lowest BCUT2D eigenvalue weighted by Crippen LogP contribution is -2.49. The highest BCUT2D eigenvalue weighted by Gasteiger charge is 2.25. The van der Waals surface area contributed by atoms with Crippen molar-refractivity contribution < 1.29 is 9.59 Å². The Hall–Kier alpha value is -2.82. The zero-order chi connectivity index (χ0) is 18.1. The van der Waals surface area contributed by atoms with Gasteiger partial charge >= 0.3 is 0 Å². The number of carbonyl (C=O) groups excluding carboxylic acids is 2. The molecule has 2 amide bonds. The summed E-state index contributed by atoms with van der Waals surface area (Å²) in [6.07, 6.45) is 0.833. The largest absolute Gasteiger partial charge is 0.368 e. The number of hydrogen-bond donors (Lipinski definition) is 0. The minimum Gasteiger partial charge on any atom is -0.368 e. The summed E-state index contributed by atoms with van der Waals surface area (Å²) in [5.41, 5.74) is 4.19. The van der Waals surface area contributed by atoms with Crippen LogP contribution in [0.15, 0.2) is 48.5 Å². The maximum absolute atomic E-state index is 12.7. The standard InChI is InChI=1S/C21H23N3O2/c1-22-19-8-7-16(13-17(19)15-20(22)25)14-21(26)24-11-9-23(10-12-24)18-5-3-2-4-6-18/h2-8,13H,9-12,14-15H2,1H3. The van der Waals surface area contributed by atoms with Crippen molar-refractivity contribution in [1.82, 2.24) is 4.90 Å².